The summed E-state index contributed by atoms with van der Waals surface area (Å²) < 4.78 is 10.7. The molecule has 0 spiro atoms. The van der Waals surface area contributed by atoms with E-state index < -0.39 is 0 Å². The lowest BCUT2D eigenvalue weighted by Crippen LogP contribution is -2.20. The van der Waals surface area contributed by atoms with E-state index in [-0.39, 0.29) is 12.5 Å². The smallest absolute Gasteiger partial charge is 0.250 e. The third kappa shape index (κ3) is 5.76. The fraction of sp³-hybridized carbons (Fsp3) is 0.235. The van der Waals surface area contributed by atoms with Crippen LogP contribution in [0.1, 0.15) is 5.56 Å². The second kappa shape index (κ2) is 8.41. The zero-order valence-corrected chi connectivity index (χ0v) is 13.1. The summed E-state index contributed by atoms with van der Waals surface area (Å²) >= 11 is 5.78. The van der Waals surface area contributed by atoms with Crippen LogP contribution in [0.15, 0.2) is 48.5 Å². The van der Waals surface area contributed by atoms with Gasteiger partial charge in [-0.3, -0.25) is 4.79 Å². The Kier molecular flexibility index (Phi) is 6.25. The number of carbonyl (C=O) groups excluding carboxylic acids is 1. The second-order valence-corrected chi connectivity index (χ2v) is 5.21. The van der Waals surface area contributed by atoms with Gasteiger partial charge < -0.3 is 14.8 Å². The summed E-state index contributed by atoms with van der Waals surface area (Å²) in [5.41, 5.74) is 1.86. The largest absolute Gasteiger partial charge is 0.491 e. The maximum absolute atomic E-state index is 11.7. The first-order valence-corrected chi connectivity index (χ1v) is 7.34. The lowest BCUT2D eigenvalue weighted by atomic mass is 10.2. The van der Waals surface area contributed by atoms with Crippen molar-refractivity contribution in [2.75, 3.05) is 25.1 Å². The molecule has 0 saturated carbocycles. The minimum absolute atomic E-state index is 0.00206. The molecule has 1 amide bonds. The first-order valence-electron chi connectivity index (χ1n) is 6.96. The van der Waals surface area contributed by atoms with Crippen LogP contribution in [0, 0.1) is 6.92 Å². The zero-order valence-electron chi connectivity index (χ0n) is 12.3. The number of ether oxygens (including phenoxy) is 2. The number of rotatable bonds is 7. The molecular formula is C17H18ClNO3. The topological polar surface area (TPSA) is 47.6 Å². The Morgan fingerprint density at radius 1 is 1.14 bits per heavy atom. The summed E-state index contributed by atoms with van der Waals surface area (Å²) in [6.45, 7) is 2.68. The quantitative estimate of drug-likeness (QED) is 0.792. The van der Waals surface area contributed by atoms with Crippen molar-refractivity contribution in [3.8, 4) is 5.75 Å². The Morgan fingerprint density at radius 2 is 1.91 bits per heavy atom. The fourth-order valence-electron chi connectivity index (χ4n) is 1.83. The Bertz CT molecular complexity index is 614. The molecule has 0 aromatic heterocycles. The molecule has 0 saturated heterocycles. The zero-order chi connectivity index (χ0) is 15.8. The number of aryl methyl sites for hydroxylation is 1. The molecule has 0 aliphatic heterocycles. The number of hydrogen-bond donors (Lipinski definition) is 1. The van der Waals surface area contributed by atoms with Crippen molar-refractivity contribution in [2.24, 2.45) is 0 Å². The maximum atomic E-state index is 11.7. The summed E-state index contributed by atoms with van der Waals surface area (Å²) in [4.78, 5) is 11.7. The number of anilines is 1. The number of hydrogen-bond acceptors (Lipinski definition) is 3. The summed E-state index contributed by atoms with van der Waals surface area (Å²) in [5, 5.41) is 3.44. The highest BCUT2D eigenvalue weighted by atomic mass is 35.5. The SMILES string of the molecule is Cc1cccc(NC(=O)COCCOc2ccc(Cl)cc2)c1. The summed E-state index contributed by atoms with van der Waals surface area (Å²) in [7, 11) is 0. The van der Waals surface area contributed by atoms with Crippen molar-refractivity contribution in [1.29, 1.82) is 0 Å². The van der Waals surface area contributed by atoms with Crippen molar-refractivity contribution in [3.63, 3.8) is 0 Å². The molecule has 0 radical (unpaired) electrons. The molecule has 0 bridgehead atoms. The maximum Gasteiger partial charge on any atom is 0.250 e. The van der Waals surface area contributed by atoms with Crippen molar-refractivity contribution in [2.45, 2.75) is 6.92 Å². The molecule has 1 N–H and O–H groups in total. The molecule has 2 rings (SSSR count). The molecule has 116 valence electrons. The van der Waals surface area contributed by atoms with Crippen molar-refractivity contribution in [3.05, 3.63) is 59.1 Å². The molecule has 0 fully saturated rings. The van der Waals surface area contributed by atoms with Gasteiger partial charge in [0, 0.05) is 10.7 Å². The minimum atomic E-state index is -0.183. The first kappa shape index (κ1) is 16.3. The van der Waals surface area contributed by atoms with Gasteiger partial charge in [-0.15, -0.1) is 0 Å². The molecule has 0 unspecified atom stereocenters. The van der Waals surface area contributed by atoms with Crippen molar-refractivity contribution >= 4 is 23.2 Å². The average Bonchev–Trinajstić information content (AvgIpc) is 2.49. The normalized spacial score (nSPS) is 10.3. The van der Waals surface area contributed by atoms with Gasteiger partial charge in [0.1, 0.15) is 19.0 Å². The van der Waals surface area contributed by atoms with Gasteiger partial charge in [-0.25, -0.2) is 0 Å². The van der Waals surface area contributed by atoms with Crippen LogP contribution in [0.25, 0.3) is 0 Å². The molecule has 0 aliphatic rings. The van der Waals surface area contributed by atoms with E-state index in [0.717, 1.165) is 17.0 Å². The number of amides is 1. The standard InChI is InChI=1S/C17H18ClNO3/c1-13-3-2-4-15(11-13)19-17(20)12-21-9-10-22-16-7-5-14(18)6-8-16/h2-8,11H,9-10,12H2,1H3,(H,19,20). The van der Waals surface area contributed by atoms with Crippen molar-refractivity contribution in [1.82, 2.24) is 0 Å². The van der Waals surface area contributed by atoms with Crippen LogP contribution in [0.2, 0.25) is 5.02 Å². The van der Waals surface area contributed by atoms with Crippen LogP contribution < -0.4 is 10.1 Å². The van der Waals surface area contributed by atoms with Crippen LogP contribution >= 0.6 is 11.6 Å². The van der Waals surface area contributed by atoms with Gasteiger partial charge in [-0.05, 0) is 48.9 Å². The predicted molar refractivity (Wildman–Crippen MR) is 87.6 cm³/mol. The van der Waals surface area contributed by atoms with Gasteiger partial charge >= 0.3 is 0 Å². The molecule has 0 heterocycles. The molecular weight excluding hydrogens is 302 g/mol. The van der Waals surface area contributed by atoms with E-state index in [2.05, 4.69) is 5.32 Å². The number of carbonyl (C=O) groups is 1. The van der Waals surface area contributed by atoms with Crippen LogP contribution in [0.3, 0.4) is 0 Å². The van der Waals surface area contributed by atoms with E-state index >= 15 is 0 Å². The van der Waals surface area contributed by atoms with E-state index in [0.29, 0.717) is 18.2 Å². The molecule has 5 heteroatoms. The highest BCUT2D eigenvalue weighted by molar-refractivity contribution is 6.30. The summed E-state index contributed by atoms with van der Waals surface area (Å²) in [5.74, 6) is 0.536. The highest BCUT2D eigenvalue weighted by Gasteiger charge is 2.02. The predicted octanol–water partition coefficient (Wildman–Crippen LogP) is 3.68. The summed E-state index contributed by atoms with van der Waals surface area (Å²) in [6.07, 6.45) is 0. The Morgan fingerprint density at radius 3 is 2.64 bits per heavy atom. The van der Waals surface area contributed by atoms with E-state index in [4.69, 9.17) is 21.1 Å². The number of nitrogens with one attached hydrogen (secondary N) is 1. The van der Waals surface area contributed by atoms with Gasteiger partial charge in [0.25, 0.3) is 0 Å². The monoisotopic (exact) mass is 319 g/mol. The third-order valence-electron chi connectivity index (χ3n) is 2.85. The number of benzene rings is 2. The van der Waals surface area contributed by atoms with Crippen LogP contribution in [0.4, 0.5) is 5.69 Å². The molecule has 2 aromatic carbocycles. The van der Waals surface area contributed by atoms with Gasteiger partial charge in [0.05, 0.1) is 6.61 Å². The van der Waals surface area contributed by atoms with Gasteiger partial charge in [-0.2, -0.15) is 0 Å². The lowest BCUT2D eigenvalue weighted by molar-refractivity contribution is -0.120. The summed E-state index contributed by atoms with van der Waals surface area (Å²) in [6, 6.07) is 14.7. The van der Waals surface area contributed by atoms with E-state index in [9.17, 15) is 4.79 Å². The van der Waals surface area contributed by atoms with Crippen LogP contribution in [-0.2, 0) is 9.53 Å². The first-order chi connectivity index (χ1) is 10.6. The van der Waals surface area contributed by atoms with Crippen molar-refractivity contribution < 1.29 is 14.3 Å². The molecule has 2 aromatic rings. The van der Waals surface area contributed by atoms with Crippen LogP contribution in [-0.4, -0.2) is 25.7 Å². The Labute approximate surface area is 135 Å². The molecule has 22 heavy (non-hydrogen) atoms. The number of halogens is 1. The van der Waals surface area contributed by atoms with E-state index in [1.807, 2.05) is 31.2 Å². The Balaban J connectivity index is 1.62. The van der Waals surface area contributed by atoms with Gasteiger partial charge in [-0.1, -0.05) is 23.7 Å². The van der Waals surface area contributed by atoms with Gasteiger partial charge in [0.2, 0.25) is 5.91 Å². The second-order valence-electron chi connectivity index (χ2n) is 4.77. The lowest BCUT2D eigenvalue weighted by Gasteiger charge is -2.08. The fourth-order valence-corrected chi connectivity index (χ4v) is 1.96. The van der Waals surface area contributed by atoms with E-state index in [1.54, 1.807) is 24.3 Å². The van der Waals surface area contributed by atoms with E-state index in [1.165, 1.54) is 0 Å². The average molecular weight is 320 g/mol. The molecule has 4 nitrogen and oxygen atoms in total. The minimum Gasteiger partial charge on any atom is -0.491 e. The van der Waals surface area contributed by atoms with Gasteiger partial charge in [0.15, 0.2) is 0 Å². The third-order valence-corrected chi connectivity index (χ3v) is 3.10. The Hall–Kier alpha value is -2.04. The molecule has 0 aliphatic carbocycles. The molecule has 0 atom stereocenters. The highest BCUT2D eigenvalue weighted by Crippen LogP contribution is 2.15. The van der Waals surface area contributed by atoms with Crippen LogP contribution in [0.5, 0.6) is 5.75 Å².